The smallest absolute Gasteiger partial charge is 0.224 e. The largest absolute Gasteiger partial charge is 0.478 e. The summed E-state index contributed by atoms with van der Waals surface area (Å²) in [5, 5.41) is 18.6. The molecule has 188 valence electrons. The molecule has 2 fully saturated rings. The van der Waals surface area contributed by atoms with Gasteiger partial charge in [-0.05, 0) is 84.6 Å². The van der Waals surface area contributed by atoms with Crippen molar-refractivity contribution in [2.45, 2.75) is 78.4 Å². The molecule has 35 heavy (non-hydrogen) atoms. The number of aromatic nitrogens is 3. The van der Waals surface area contributed by atoms with Crippen LogP contribution in [0, 0.1) is 25.7 Å². The summed E-state index contributed by atoms with van der Waals surface area (Å²) >= 11 is 0. The summed E-state index contributed by atoms with van der Waals surface area (Å²) in [6.07, 6.45) is 5.42. The zero-order valence-corrected chi connectivity index (χ0v) is 21.4. The molecule has 0 spiro atoms. The normalized spacial score (nSPS) is 20.4. The number of hydrogen-bond acceptors (Lipinski definition) is 8. The Balaban J connectivity index is 1.51. The predicted molar refractivity (Wildman–Crippen MR) is 138 cm³/mol. The van der Waals surface area contributed by atoms with Crippen molar-refractivity contribution >= 4 is 22.7 Å². The highest BCUT2D eigenvalue weighted by atomic mass is 16.5. The second-order valence-corrected chi connectivity index (χ2v) is 10.7. The molecule has 2 unspecified atom stereocenters. The number of fused-ring (bicyclic) bond motifs is 1. The maximum Gasteiger partial charge on any atom is 0.224 e. The Morgan fingerprint density at radius 2 is 1.89 bits per heavy atom. The number of nitrogens with zero attached hydrogens (tertiary/aromatic N) is 3. The fraction of sp³-hybridized carbons (Fsp3) is 0.593. The van der Waals surface area contributed by atoms with Crippen molar-refractivity contribution in [2.75, 3.05) is 23.8 Å². The minimum atomic E-state index is -0.681. The molecular formula is C27H37N5O3. The number of pyridine rings is 1. The maximum atomic E-state index is 10.5. The molecule has 0 bridgehead atoms. The van der Waals surface area contributed by atoms with Crippen LogP contribution in [-0.4, -0.2) is 44.9 Å². The molecule has 2 aliphatic rings. The minimum absolute atomic E-state index is 0.230. The monoisotopic (exact) mass is 479 g/mol. The van der Waals surface area contributed by atoms with Gasteiger partial charge in [-0.3, -0.25) is 0 Å². The summed E-state index contributed by atoms with van der Waals surface area (Å²) in [6.45, 7) is 11.2. The van der Waals surface area contributed by atoms with E-state index >= 15 is 0 Å². The lowest BCUT2D eigenvalue weighted by Gasteiger charge is -2.25. The second kappa shape index (κ2) is 9.30. The summed E-state index contributed by atoms with van der Waals surface area (Å²) in [4.78, 5) is 14.2. The van der Waals surface area contributed by atoms with Crippen LogP contribution in [0.5, 0.6) is 5.88 Å². The molecule has 2 atom stereocenters. The number of hydrogen-bond donors (Lipinski definition) is 3. The van der Waals surface area contributed by atoms with Gasteiger partial charge >= 0.3 is 0 Å². The highest BCUT2D eigenvalue weighted by Crippen LogP contribution is 2.40. The molecule has 3 aromatic rings. The lowest BCUT2D eigenvalue weighted by molar-refractivity contribution is 0.0197. The lowest BCUT2D eigenvalue weighted by Crippen LogP contribution is -2.30. The zero-order chi connectivity index (χ0) is 24.7. The first kappa shape index (κ1) is 23.9. The van der Waals surface area contributed by atoms with Crippen LogP contribution in [-0.2, 0) is 0 Å². The van der Waals surface area contributed by atoms with Gasteiger partial charge in [0.05, 0.1) is 29.2 Å². The van der Waals surface area contributed by atoms with Gasteiger partial charge < -0.3 is 24.9 Å². The lowest BCUT2D eigenvalue weighted by atomic mass is 9.89. The SMILES string of the molecule is CCOc1cc2cc(-c3c(C)nc(NCC4CC4)nc3NC3CCC(C(C)(C)O)C3)oc2c(C)n1. The highest BCUT2D eigenvalue weighted by molar-refractivity contribution is 5.88. The Morgan fingerprint density at radius 3 is 2.57 bits per heavy atom. The zero-order valence-electron chi connectivity index (χ0n) is 21.4. The molecule has 3 aromatic heterocycles. The first-order valence-corrected chi connectivity index (χ1v) is 12.9. The van der Waals surface area contributed by atoms with Crippen molar-refractivity contribution in [3.8, 4) is 17.2 Å². The van der Waals surface area contributed by atoms with Crippen molar-refractivity contribution in [3.05, 3.63) is 23.5 Å². The molecule has 0 aliphatic heterocycles. The Morgan fingerprint density at radius 1 is 1.09 bits per heavy atom. The molecule has 8 nitrogen and oxygen atoms in total. The number of nitrogens with one attached hydrogen (secondary N) is 2. The van der Waals surface area contributed by atoms with E-state index in [9.17, 15) is 5.11 Å². The predicted octanol–water partition coefficient (Wildman–Crippen LogP) is 5.47. The van der Waals surface area contributed by atoms with E-state index < -0.39 is 5.60 Å². The fourth-order valence-corrected chi connectivity index (χ4v) is 5.08. The van der Waals surface area contributed by atoms with Gasteiger partial charge in [-0.2, -0.15) is 4.98 Å². The third kappa shape index (κ3) is 5.22. The van der Waals surface area contributed by atoms with Crippen LogP contribution in [0.25, 0.3) is 22.3 Å². The Bertz CT molecular complexity index is 1210. The van der Waals surface area contributed by atoms with E-state index in [1.165, 1.54) is 12.8 Å². The average molecular weight is 480 g/mol. The summed E-state index contributed by atoms with van der Waals surface area (Å²) in [5.41, 5.74) is 2.57. The van der Waals surface area contributed by atoms with Crippen molar-refractivity contribution in [1.82, 2.24) is 15.0 Å². The van der Waals surface area contributed by atoms with Gasteiger partial charge in [0.1, 0.15) is 11.6 Å². The molecule has 5 rings (SSSR count). The van der Waals surface area contributed by atoms with Gasteiger partial charge in [0.2, 0.25) is 11.8 Å². The summed E-state index contributed by atoms with van der Waals surface area (Å²) < 4.78 is 12.0. The van der Waals surface area contributed by atoms with Crippen LogP contribution in [0.4, 0.5) is 11.8 Å². The van der Waals surface area contributed by atoms with Crippen LogP contribution in [0.2, 0.25) is 0 Å². The van der Waals surface area contributed by atoms with Gasteiger partial charge in [0, 0.05) is 24.0 Å². The third-order valence-electron chi connectivity index (χ3n) is 7.29. The van der Waals surface area contributed by atoms with Crippen molar-refractivity contribution in [3.63, 3.8) is 0 Å². The standard InChI is InChI=1S/C27H37N5O3/c1-6-34-22-12-18-11-21(35-24(18)16(3)29-22)23-15(2)30-26(28-14-17-7-8-17)32-25(23)31-20-10-9-19(13-20)27(4,5)33/h11-12,17,19-20,33H,6-10,13-14H2,1-5H3,(H2,28,30,31,32). The Hall–Kier alpha value is -2.87. The number of furan rings is 1. The van der Waals surface area contributed by atoms with E-state index in [-0.39, 0.29) is 12.0 Å². The molecule has 0 radical (unpaired) electrons. The van der Waals surface area contributed by atoms with Crippen LogP contribution in [0.1, 0.15) is 64.3 Å². The van der Waals surface area contributed by atoms with Crippen LogP contribution < -0.4 is 15.4 Å². The first-order chi connectivity index (χ1) is 16.7. The van der Waals surface area contributed by atoms with Crippen LogP contribution in [0.3, 0.4) is 0 Å². The molecule has 0 saturated heterocycles. The highest BCUT2D eigenvalue weighted by Gasteiger charge is 2.35. The molecule has 0 aromatic carbocycles. The quantitative estimate of drug-likeness (QED) is 0.371. The summed E-state index contributed by atoms with van der Waals surface area (Å²) in [7, 11) is 0. The number of aliphatic hydroxyl groups is 1. The van der Waals surface area contributed by atoms with Gasteiger partial charge in [-0.15, -0.1) is 0 Å². The van der Waals surface area contributed by atoms with Gasteiger partial charge in [-0.1, -0.05) is 0 Å². The van der Waals surface area contributed by atoms with E-state index in [1.54, 1.807) is 0 Å². The van der Waals surface area contributed by atoms with E-state index in [2.05, 4.69) is 15.6 Å². The van der Waals surface area contributed by atoms with E-state index in [1.807, 2.05) is 46.8 Å². The van der Waals surface area contributed by atoms with E-state index in [0.717, 1.165) is 65.5 Å². The van der Waals surface area contributed by atoms with Gasteiger partial charge in [0.15, 0.2) is 5.58 Å². The number of rotatable bonds is 9. The number of ether oxygens (including phenoxy) is 1. The van der Waals surface area contributed by atoms with Gasteiger partial charge in [0.25, 0.3) is 0 Å². The molecule has 2 saturated carbocycles. The van der Waals surface area contributed by atoms with Crippen molar-refractivity contribution < 1.29 is 14.3 Å². The Labute approximate surface area is 206 Å². The Kier molecular flexibility index (Phi) is 6.34. The van der Waals surface area contributed by atoms with Gasteiger partial charge in [-0.25, -0.2) is 9.97 Å². The summed E-state index contributed by atoms with van der Waals surface area (Å²) in [5.74, 6) is 3.71. The maximum absolute atomic E-state index is 10.5. The van der Waals surface area contributed by atoms with E-state index in [0.29, 0.717) is 24.2 Å². The molecule has 2 aliphatic carbocycles. The first-order valence-electron chi connectivity index (χ1n) is 12.9. The molecule has 8 heteroatoms. The molecule has 3 heterocycles. The summed E-state index contributed by atoms with van der Waals surface area (Å²) in [6, 6.07) is 4.17. The van der Waals surface area contributed by atoms with Crippen molar-refractivity contribution in [1.29, 1.82) is 0 Å². The second-order valence-electron chi connectivity index (χ2n) is 10.7. The molecule has 0 amide bonds. The third-order valence-corrected chi connectivity index (χ3v) is 7.29. The van der Waals surface area contributed by atoms with Crippen LogP contribution in [0.15, 0.2) is 16.5 Å². The fourth-order valence-electron chi connectivity index (χ4n) is 5.08. The molecular weight excluding hydrogens is 442 g/mol. The number of aryl methyl sites for hydroxylation is 2. The molecule has 3 N–H and O–H groups in total. The minimum Gasteiger partial charge on any atom is -0.478 e. The number of anilines is 2. The average Bonchev–Trinajstić information content (AvgIpc) is 3.31. The van der Waals surface area contributed by atoms with Crippen LogP contribution >= 0.6 is 0 Å². The topological polar surface area (TPSA) is 105 Å². The van der Waals surface area contributed by atoms with Crippen molar-refractivity contribution in [2.24, 2.45) is 11.8 Å². The van der Waals surface area contributed by atoms with E-state index in [4.69, 9.17) is 19.1 Å².